The lowest BCUT2D eigenvalue weighted by Crippen LogP contribution is -2.35. The van der Waals surface area contributed by atoms with Crippen molar-refractivity contribution in [2.45, 2.75) is 17.9 Å². The number of carbonyl (C=O) groups is 2. The summed E-state index contributed by atoms with van der Waals surface area (Å²) >= 11 is 1.35. The van der Waals surface area contributed by atoms with Gasteiger partial charge in [0.05, 0.1) is 5.75 Å². The van der Waals surface area contributed by atoms with Crippen LogP contribution >= 0.6 is 11.8 Å². The maximum atomic E-state index is 11.4. The Morgan fingerprint density at radius 1 is 1.39 bits per heavy atom. The molecule has 1 rings (SSSR count). The van der Waals surface area contributed by atoms with Crippen LogP contribution in [-0.4, -0.2) is 30.7 Å². The van der Waals surface area contributed by atoms with Gasteiger partial charge in [0, 0.05) is 17.6 Å². The third-order valence-corrected chi connectivity index (χ3v) is 3.36. The second-order valence-corrected chi connectivity index (χ2v) is 4.75. The molecule has 4 N–H and O–H groups in total. The molecule has 1 aromatic carbocycles. The molecule has 0 spiro atoms. The molecule has 0 saturated carbocycles. The highest BCUT2D eigenvalue weighted by molar-refractivity contribution is 8.00. The Kier molecular flexibility index (Phi) is 5.51. The fourth-order valence-electron chi connectivity index (χ4n) is 1.38. The molecule has 0 saturated heterocycles. The minimum atomic E-state index is -0.367. The standard InChI is InChI=1S/C12H17N3O2S/c1-8(12(17)14-2)15-9-5-3-4-6-10(9)18-7-11(13)16/h3-6,8,15H,7H2,1-2H3,(H2,13,16)(H,14,17)/t8-/m0/s1. The average molecular weight is 267 g/mol. The van der Waals surface area contributed by atoms with E-state index in [0.29, 0.717) is 0 Å². The number of hydrogen-bond donors (Lipinski definition) is 3. The quantitative estimate of drug-likeness (QED) is 0.666. The van der Waals surface area contributed by atoms with Gasteiger partial charge in [-0.15, -0.1) is 11.8 Å². The van der Waals surface area contributed by atoms with Crippen molar-refractivity contribution in [1.29, 1.82) is 0 Å². The van der Waals surface area contributed by atoms with E-state index < -0.39 is 0 Å². The van der Waals surface area contributed by atoms with Gasteiger partial charge >= 0.3 is 0 Å². The number of thioether (sulfide) groups is 1. The second kappa shape index (κ2) is 6.90. The van der Waals surface area contributed by atoms with Crippen molar-refractivity contribution in [3.8, 4) is 0 Å². The molecule has 0 fully saturated rings. The largest absolute Gasteiger partial charge is 0.373 e. The molecule has 1 atom stereocenters. The minimum absolute atomic E-state index is 0.0929. The first-order chi connectivity index (χ1) is 8.54. The zero-order valence-electron chi connectivity index (χ0n) is 10.4. The Morgan fingerprint density at radius 2 is 2.06 bits per heavy atom. The van der Waals surface area contributed by atoms with Crippen LogP contribution in [0.2, 0.25) is 0 Å². The summed E-state index contributed by atoms with van der Waals surface area (Å²) < 4.78 is 0. The monoisotopic (exact) mass is 267 g/mol. The molecule has 98 valence electrons. The van der Waals surface area contributed by atoms with Crippen molar-refractivity contribution in [1.82, 2.24) is 5.32 Å². The van der Waals surface area contributed by atoms with Crippen molar-refractivity contribution in [3.63, 3.8) is 0 Å². The van der Waals surface area contributed by atoms with Gasteiger partial charge in [-0.3, -0.25) is 9.59 Å². The molecular formula is C12H17N3O2S. The van der Waals surface area contributed by atoms with E-state index in [4.69, 9.17) is 5.73 Å². The first-order valence-electron chi connectivity index (χ1n) is 5.53. The van der Waals surface area contributed by atoms with Crippen molar-refractivity contribution >= 4 is 29.3 Å². The molecule has 0 aliphatic rings. The Hall–Kier alpha value is -1.69. The van der Waals surface area contributed by atoms with Crippen LogP contribution in [0.25, 0.3) is 0 Å². The first-order valence-corrected chi connectivity index (χ1v) is 6.51. The van der Waals surface area contributed by atoms with E-state index >= 15 is 0 Å². The van der Waals surface area contributed by atoms with E-state index in [1.807, 2.05) is 24.3 Å². The lowest BCUT2D eigenvalue weighted by molar-refractivity contribution is -0.121. The van der Waals surface area contributed by atoms with Crippen LogP contribution in [-0.2, 0) is 9.59 Å². The smallest absolute Gasteiger partial charge is 0.241 e. The molecule has 0 radical (unpaired) electrons. The Bertz CT molecular complexity index is 437. The second-order valence-electron chi connectivity index (χ2n) is 3.73. The molecule has 0 heterocycles. The zero-order valence-corrected chi connectivity index (χ0v) is 11.2. The van der Waals surface area contributed by atoms with Gasteiger partial charge in [-0.2, -0.15) is 0 Å². The number of carbonyl (C=O) groups excluding carboxylic acids is 2. The lowest BCUT2D eigenvalue weighted by Gasteiger charge is -2.16. The van der Waals surface area contributed by atoms with Gasteiger partial charge in [0.2, 0.25) is 11.8 Å². The number of anilines is 1. The van der Waals surface area contributed by atoms with Crippen molar-refractivity contribution in [2.24, 2.45) is 5.73 Å². The van der Waals surface area contributed by atoms with E-state index in [0.717, 1.165) is 10.6 Å². The number of nitrogens with two attached hydrogens (primary N) is 1. The van der Waals surface area contributed by atoms with Crippen LogP contribution in [0.15, 0.2) is 29.2 Å². The highest BCUT2D eigenvalue weighted by atomic mass is 32.2. The van der Waals surface area contributed by atoms with Gasteiger partial charge in [-0.1, -0.05) is 12.1 Å². The van der Waals surface area contributed by atoms with Crippen LogP contribution in [0.3, 0.4) is 0 Å². The number of rotatable bonds is 6. The molecule has 0 aliphatic carbocycles. The van der Waals surface area contributed by atoms with Crippen LogP contribution in [0.5, 0.6) is 0 Å². The Morgan fingerprint density at radius 3 is 2.67 bits per heavy atom. The predicted octanol–water partition coefficient (Wildman–Crippen LogP) is 0.810. The van der Waals surface area contributed by atoms with E-state index in [1.165, 1.54) is 11.8 Å². The number of likely N-dealkylation sites (N-methyl/N-ethyl adjacent to an activating group) is 1. The number of amides is 2. The fraction of sp³-hybridized carbons (Fsp3) is 0.333. The normalized spacial score (nSPS) is 11.7. The predicted molar refractivity (Wildman–Crippen MR) is 73.5 cm³/mol. The summed E-state index contributed by atoms with van der Waals surface area (Å²) in [7, 11) is 1.59. The van der Waals surface area contributed by atoms with Gasteiger partial charge in [-0.25, -0.2) is 0 Å². The van der Waals surface area contributed by atoms with Gasteiger partial charge < -0.3 is 16.4 Å². The van der Waals surface area contributed by atoms with Crippen LogP contribution in [0, 0.1) is 0 Å². The van der Waals surface area contributed by atoms with E-state index in [2.05, 4.69) is 10.6 Å². The summed E-state index contributed by atoms with van der Waals surface area (Å²) in [6.45, 7) is 1.77. The number of hydrogen-bond acceptors (Lipinski definition) is 4. The van der Waals surface area contributed by atoms with Crippen molar-refractivity contribution < 1.29 is 9.59 Å². The topological polar surface area (TPSA) is 84.2 Å². The van der Waals surface area contributed by atoms with Gasteiger partial charge in [0.25, 0.3) is 0 Å². The number of benzene rings is 1. The average Bonchev–Trinajstić information content (AvgIpc) is 2.36. The Labute approximate surface area is 111 Å². The lowest BCUT2D eigenvalue weighted by atomic mass is 10.2. The van der Waals surface area contributed by atoms with Crippen molar-refractivity contribution in [3.05, 3.63) is 24.3 Å². The summed E-state index contributed by atoms with van der Waals surface area (Å²) in [5.41, 5.74) is 5.94. The highest BCUT2D eigenvalue weighted by Crippen LogP contribution is 2.27. The van der Waals surface area contributed by atoms with Crippen LogP contribution in [0.1, 0.15) is 6.92 Å². The number of primary amides is 1. The van der Waals surface area contributed by atoms with E-state index in [1.54, 1.807) is 14.0 Å². The number of para-hydroxylation sites is 1. The number of nitrogens with one attached hydrogen (secondary N) is 2. The third-order valence-electron chi connectivity index (χ3n) is 2.27. The summed E-state index contributed by atoms with van der Waals surface area (Å²) in [4.78, 5) is 23.1. The molecule has 2 amide bonds. The van der Waals surface area contributed by atoms with Gasteiger partial charge in [0.15, 0.2) is 0 Å². The molecule has 0 aromatic heterocycles. The Balaban J connectivity index is 2.75. The fourth-order valence-corrected chi connectivity index (χ4v) is 2.13. The van der Waals surface area contributed by atoms with Crippen LogP contribution in [0.4, 0.5) is 5.69 Å². The maximum absolute atomic E-state index is 11.4. The molecule has 0 aliphatic heterocycles. The SMILES string of the molecule is CNC(=O)[C@H](C)Nc1ccccc1SCC(N)=O. The summed E-state index contributed by atoms with van der Waals surface area (Å²) in [6.07, 6.45) is 0. The molecule has 1 aromatic rings. The zero-order chi connectivity index (χ0) is 13.5. The molecule has 6 heteroatoms. The van der Waals surface area contributed by atoms with E-state index in [9.17, 15) is 9.59 Å². The highest BCUT2D eigenvalue weighted by Gasteiger charge is 2.12. The molecule has 18 heavy (non-hydrogen) atoms. The molecule has 5 nitrogen and oxygen atoms in total. The summed E-state index contributed by atoms with van der Waals surface area (Å²) in [6, 6.07) is 7.15. The van der Waals surface area contributed by atoms with Gasteiger partial charge in [0.1, 0.15) is 6.04 Å². The maximum Gasteiger partial charge on any atom is 0.241 e. The van der Waals surface area contributed by atoms with Crippen molar-refractivity contribution in [2.75, 3.05) is 18.1 Å². The molecule has 0 bridgehead atoms. The first kappa shape index (κ1) is 14.4. The minimum Gasteiger partial charge on any atom is -0.373 e. The van der Waals surface area contributed by atoms with E-state index in [-0.39, 0.29) is 23.6 Å². The summed E-state index contributed by atoms with van der Waals surface area (Å²) in [5, 5.41) is 5.67. The van der Waals surface area contributed by atoms with Crippen LogP contribution < -0.4 is 16.4 Å². The molecule has 0 unspecified atom stereocenters. The third kappa shape index (κ3) is 4.29. The van der Waals surface area contributed by atoms with Gasteiger partial charge in [-0.05, 0) is 19.1 Å². The molecular weight excluding hydrogens is 250 g/mol. The summed E-state index contributed by atoms with van der Waals surface area (Å²) in [5.74, 6) is -0.244.